The summed E-state index contributed by atoms with van der Waals surface area (Å²) in [7, 11) is 3.47. The average Bonchev–Trinajstić information content (AvgIpc) is 2.85. The van der Waals surface area contributed by atoms with E-state index in [0.717, 1.165) is 37.0 Å². The zero-order chi connectivity index (χ0) is 22.5. The van der Waals surface area contributed by atoms with E-state index in [2.05, 4.69) is 9.97 Å². The van der Waals surface area contributed by atoms with Gasteiger partial charge in [-0.3, -0.25) is 4.79 Å². The number of ether oxygens (including phenoxy) is 2. The molecule has 0 saturated heterocycles. The molecule has 166 valence electrons. The van der Waals surface area contributed by atoms with Crippen LogP contribution in [0.25, 0.3) is 11.4 Å². The zero-order valence-corrected chi connectivity index (χ0v) is 19.0. The van der Waals surface area contributed by atoms with Crippen molar-refractivity contribution in [3.8, 4) is 28.8 Å². The maximum absolute atomic E-state index is 13.4. The quantitative estimate of drug-likeness (QED) is 0.459. The van der Waals surface area contributed by atoms with Crippen LogP contribution < -0.4 is 9.47 Å². The molecule has 0 bridgehead atoms. The van der Waals surface area contributed by atoms with E-state index in [9.17, 15) is 4.79 Å². The molecular formula is C25H26ClN3O3. The minimum atomic E-state index is -0.137. The van der Waals surface area contributed by atoms with Gasteiger partial charge in [0.1, 0.15) is 17.1 Å². The van der Waals surface area contributed by atoms with Crippen molar-refractivity contribution in [3.63, 3.8) is 0 Å². The molecule has 1 aliphatic carbocycles. The standard InChI is InChI=1S/C25H26ClN3O3/c1-29(19-6-4-3-5-7-19)25(30)22-16-27-23(17-8-12-20(31-2)13-9-17)28-24(22)32-21-14-10-18(26)11-15-21/h8-16,19H,3-7H2,1-2H3. The molecule has 0 radical (unpaired) electrons. The number of aromatic nitrogens is 2. The summed E-state index contributed by atoms with van der Waals surface area (Å²) in [5.74, 6) is 1.84. The Labute approximate surface area is 193 Å². The van der Waals surface area contributed by atoms with Gasteiger partial charge in [0.05, 0.1) is 7.11 Å². The molecule has 1 saturated carbocycles. The molecule has 6 nitrogen and oxygen atoms in total. The highest BCUT2D eigenvalue weighted by molar-refractivity contribution is 6.30. The third kappa shape index (κ3) is 5.02. The number of halogens is 1. The predicted octanol–water partition coefficient (Wildman–Crippen LogP) is 6.00. The number of carbonyl (C=O) groups excluding carboxylic acids is 1. The maximum Gasteiger partial charge on any atom is 0.260 e. The number of rotatable bonds is 6. The Morgan fingerprint density at radius 3 is 2.31 bits per heavy atom. The smallest absolute Gasteiger partial charge is 0.260 e. The molecule has 1 fully saturated rings. The molecule has 0 spiro atoms. The van der Waals surface area contributed by atoms with Gasteiger partial charge in [-0.2, -0.15) is 4.98 Å². The van der Waals surface area contributed by atoms with Crippen molar-refractivity contribution in [2.75, 3.05) is 14.2 Å². The first-order valence-corrected chi connectivity index (χ1v) is 11.1. The van der Waals surface area contributed by atoms with Gasteiger partial charge in [0.15, 0.2) is 5.82 Å². The topological polar surface area (TPSA) is 64.5 Å². The Hall–Kier alpha value is -3.12. The second-order valence-electron chi connectivity index (χ2n) is 7.90. The van der Waals surface area contributed by atoms with E-state index in [0.29, 0.717) is 22.2 Å². The Morgan fingerprint density at radius 2 is 1.66 bits per heavy atom. The van der Waals surface area contributed by atoms with E-state index in [1.165, 1.54) is 6.42 Å². The molecule has 1 aromatic heterocycles. The van der Waals surface area contributed by atoms with Gasteiger partial charge in [0, 0.05) is 29.9 Å². The van der Waals surface area contributed by atoms with Gasteiger partial charge in [0.2, 0.25) is 5.88 Å². The fraction of sp³-hybridized carbons (Fsp3) is 0.320. The largest absolute Gasteiger partial charge is 0.497 e. The third-order valence-electron chi connectivity index (χ3n) is 5.80. The summed E-state index contributed by atoms with van der Waals surface area (Å²) in [6.45, 7) is 0. The van der Waals surface area contributed by atoms with Crippen LogP contribution >= 0.6 is 11.6 Å². The Bertz CT molecular complexity index is 1060. The molecule has 1 amide bonds. The van der Waals surface area contributed by atoms with E-state index >= 15 is 0 Å². The van der Waals surface area contributed by atoms with Crippen molar-refractivity contribution in [2.24, 2.45) is 0 Å². The monoisotopic (exact) mass is 451 g/mol. The van der Waals surface area contributed by atoms with Gasteiger partial charge in [-0.25, -0.2) is 4.98 Å². The first-order valence-electron chi connectivity index (χ1n) is 10.8. The highest BCUT2D eigenvalue weighted by atomic mass is 35.5. The number of amides is 1. The molecule has 7 heteroatoms. The van der Waals surface area contributed by atoms with Crippen molar-refractivity contribution in [1.29, 1.82) is 0 Å². The summed E-state index contributed by atoms with van der Waals surface area (Å²) in [6, 6.07) is 14.6. The summed E-state index contributed by atoms with van der Waals surface area (Å²) >= 11 is 6.00. The summed E-state index contributed by atoms with van der Waals surface area (Å²) in [5.41, 5.74) is 1.14. The molecule has 0 N–H and O–H groups in total. The van der Waals surface area contributed by atoms with E-state index < -0.39 is 0 Å². The molecular weight excluding hydrogens is 426 g/mol. The van der Waals surface area contributed by atoms with Crippen LogP contribution in [-0.2, 0) is 0 Å². The molecule has 3 aromatic rings. The van der Waals surface area contributed by atoms with Gasteiger partial charge >= 0.3 is 0 Å². The van der Waals surface area contributed by atoms with Crippen LogP contribution in [0.15, 0.2) is 54.7 Å². The lowest BCUT2D eigenvalue weighted by Gasteiger charge is -2.31. The lowest BCUT2D eigenvalue weighted by Crippen LogP contribution is -2.38. The van der Waals surface area contributed by atoms with Crippen LogP contribution in [0.4, 0.5) is 0 Å². The Morgan fingerprint density at radius 1 is 1.00 bits per heavy atom. The van der Waals surface area contributed by atoms with Crippen LogP contribution in [0.3, 0.4) is 0 Å². The van der Waals surface area contributed by atoms with Crippen LogP contribution in [-0.4, -0.2) is 41.0 Å². The highest BCUT2D eigenvalue weighted by Gasteiger charge is 2.27. The molecule has 0 atom stereocenters. The third-order valence-corrected chi connectivity index (χ3v) is 6.06. The van der Waals surface area contributed by atoms with Gasteiger partial charge < -0.3 is 14.4 Å². The minimum absolute atomic E-state index is 0.137. The van der Waals surface area contributed by atoms with Gasteiger partial charge in [-0.1, -0.05) is 30.9 Å². The second-order valence-corrected chi connectivity index (χ2v) is 8.34. The van der Waals surface area contributed by atoms with E-state index in [1.807, 2.05) is 31.3 Å². The number of hydrogen-bond donors (Lipinski definition) is 0. The fourth-order valence-corrected chi connectivity index (χ4v) is 4.03. The van der Waals surface area contributed by atoms with Crippen LogP contribution in [0.2, 0.25) is 5.02 Å². The molecule has 1 aliphatic rings. The first kappa shape index (κ1) is 22.1. The molecule has 1 heterocycles. The number of methoxy groups -OCH3 is 1. The second kappa shape index (κ2) is 10.0. The van der Waals surface area contributed by atoms with Crippen LogP contribution in [0.1, 0.15) is 42.5 Å². The van der Waals surface area contributed by atoms with Crippen LogP contribution in [0, 0.1) is 0 Å². The molecule has 0 unspecified atom stereocenters. The Balaban J connectivity index is 1.68. The van der Waals surface area contributed by atoms with Crippen molar-refractivity contribution in [3.05, 3.63) is 65.3 Å². The molecule has 2 aromatic carbocycles. The van der Waals surface area contributed by atoms with E-state index in [1.54, 1.807) is 42.5 Å². The minimum Gasteiger partial charge on any atom is -0.497 e. The fourth-order valence-electron chi connectivity index (χ4n) is 3.91. The summed E-state index contributed by atoms with van der Waals surface area (Å²) < 4.78 is 11.3. The van der Waals surface area contributed by atoms with E-state index in [-0.39, 0.29) is 17.8 Å². The highest BCUT2D eigenvalue weighted by Crippen LogP contribution is 2.30. The number of hydrogen-bond acceptors (Lipinski definition) is 5. The maximum atomic E-state index is 13.4. The van der Waals surface area contributed by atoms with Crippen LogP contribution in [0.5, 0.6) is 17.4 Å². The SMILES string of the molecule is COc1ccc(-c2ncc(C(=O)N(C)C3CCCCC3)c(Oc3ccc(Cl)cc3)n2)cc1. The van der Waals surface area contributed by atoms with Crippen molar-refractivity contribution in [2.45, 2.75) is 38.1 Å². The molecule has 0 aliphatic heterocycles. The summed E-state index contributed by atoms with van der Waals surface area (Å²) in [5, 5.41) is 0.604. The summed E-state index contributed by atoms with van der Waals surface area (Å²) in [4.78, 5) is 24.3. The molecule has 32 heavy (non-hydrogen) atoms. The molecule has 4 rings (SSSR count). The first-order chi connectivity index (χ1) is 15.5. The average molecular weight is 452 g/mol. The van der Waals surface area contributed by atoms with Crippen molar-refractivity contribution in [1.82, 2.24) is 14.9 Å². The van der Waals surface area contributed by atoms with Gasteiger partial charge in [0.25, 0.3) is 5.91 Å². The normalized spacial score (nSPS) is 14.1. The lowest BCUT2D eigenvalue weighted by molar-refractivity contribution is 0.0692. The number of carbonyl (C=O) groups is 1. The van der Waals surface area contributed by atoms with Crippen molar-refractivity contribution < 1.29 is 14.3 Å². The van der Waals surface area contributed by atoms with Crippen molar-refractivity contribution >= 4 is 17.5 Å². The summed E-state index contributed by atoms with van der Waals surface area (Å²) in [6.07, 6.45) is 7.09. The van der Waals surface area contributed by atoms with E-state index in [4.69, 9.17) is 21.1 Å². The number of nitrogens with zero attached hydrogens (tertiary/aromatic N) is 3. The van der Waals surface area contributed by atoms with Gasteiger partial charge in [-0.15, -0.1) is 0 Å². The lowest BCUT2D eigenvalue weighted by atomic mass is 9.94. The Kier molecular flexibility index (Phi) is 6.90. The number of benzene rings is 2. The predicted molar refractivity (Wildman–Crippen MR) is 125 cm³/mol. The van der Waals surface area contributed by atoms with Gasteiger partial charge in [-0.05, 0) is 61.4 Å². The zero-order valence-electron chi connectivity index (χ0n) is 18.3.